The Bertz CT molecular complexity index is 955. The van der Waals surface area contributed by atoms with Gasteiger partial charge < -0.3 is 24.4 Å². The number of anilines is 1. The summed E-state index contributed by atoms with van der Waals surface area (Å²) in [6.07, 6.45) is 2.68. The van der Waals surface area contributed by atoms with E-state index < -0.39 is 6.10 Å². The minimum absolute atomic E-state index is 0.0436. The number of hydrogen-bond donors (Lipinski definition) is 1. The molecule has 2 fully saturated rings. The van der Waals surface area contributed by atoms with Gasteiger partial charge in [0.05, 0.1) is 13.2 Å². The van der Waals surface area contributed by atoms with Crippen LogP contribution in [0.25, 0.3) is 6.08 Å². The first-order valence-electron chi connectivity index (χ1n) is 11.8. The summed E-state index contributed by atoms with van der Waals surface area (Å²) >= 11 is 0. The number of halogens is 1. The Labute approximate surface area is 200 Å². The summed E-state index contributed by atoms with van der Waals surface area (Å²) in [5.41, 5.74) is 1.81. The van der Waals surface area contributed by atoms with Crippen LogP contribution >= 0.6 is 0 Å². The van der Waals surface area contributed by atoms with Gasteiger partial charge in [0.2, 0.25) is 5.91 Å². The van der Waals surface area contributed by atoms with Gasteiger partial charge in [-0.3, -0.25) is 9.69 Å². The van der Waals surface area contributed by atoms with E-state index in [9.17, 15) is 14.3 Å². The highest BCUT2D eigenvalue weighted by molar-refractivity contribution is 5.92. The Morgan fingerprint density at radius 3 is 2.47 bits per heavy atom. The van der Waals surface area contributed by atoms with Crippen molar-refractivity contribution in [2.45, 2.75) is 6.10 Å². The second-order valence-corrected chi connectivity index (χ2v) is 8.54. The molecular formula is C26H32FN3O4. The van der Waals surface area contributed by atoms with Gasteiger partial charge in [-0.05, 0) is 36.4 Å². The van der Waals surface area contributed by atoms with Gasteiger partial charge in [0.1, 0.15) is 24.3 Å². The van der Waals surface area contributed by atoms with Crippen LogP contribution in [-0.4, -0.2) is 92.6 Å². The average molecular weight is 470 g/mol. The fraction of sp³-hybridized carbons (Fsp3) is 0.423. The quantitative estimate of drug-likeness (QED) is 0.599. The molecular weight excluding hydrogens is 437 g/mol. The minimum Gasteiger partial charge on any atom is -0.490 e. The molecule has 0 aromatic heterocycles. The predicted molar refractivity (Wildman–Crippen MR) is 129 cm³/mol. The maximum Gasteiger partial charge on any atom is 0.246 e. The molecule has 2 aliphatic rings. The number of ether oxygens (including phenoxy) is 2. The third kappa shape index (κ3) is 6.79. The fourth-order valence-electron chi connectivity index (χ4n) is 4.18. The van der Waals surface area contributed by atoms with Crippen LogP contribution in [-0.2, 0) is 9.53 Å². The summed E-state index contributed by atoms with van der Waals surface area (Å²) in [6.45, 7) is 6.31. The van der Waals surface area contributed by atoms with Crippen molar-refractivity contribution in [1.82, 2.24) is 9.80 Å². The van der Waals surface area contributed by atoms with Crippen LogP contribution in [0.3, 0.4) is 0 Å². The van der Waals surface area contributed by atoms with Gasteiger partial charge in [-0.1, -0.05) is 18.2 Å². The van der Waals surface area contributed by atoms with Crippen LogP contribution in [0, 0.1) is 5.82 Å². The number of morpholine rings is 1. The molecule has 8 heteroatoms. The van der Waals surface area contributed by atoms with Crippen molar-refractivity contribution in [3.63, 3.8) is 0 Å². The molecule has 2 saturated heterocycles. The lowest BCUT2D eigenvalue weighted by molar-refractivity contribution is -0.129. The summed E-state index contributed by atoms with van der Waals surface area (Å²) in [6, 6.07) is 14.1. The van der Waals surface area contributed by atoms with E-state index in [1.165, 1.54) is 12.1 Å². The van der Waals surface area contributed by atoms with Crippen molar-refractivity contribution in [2.24, 2.45) is 0 Å². The smallest absolute Gasteiger partial charge is 0.246 e. The maximum absolute atomic E-state index is 13.1. The van der Waals surface area contributed by atoms with E-state index in [-0.39, 0.29) is 18.3 Å². The molecule has 0 aliphatic carbocycles. The largest absolute Gasteiger partial charge is 0.490 e. The fourth-order valence-corrected chi connectivity index (χ4v) is 4.18. The van der Waals surface area contributed by atoms with Crippen molar-refractivity contribution >= 4 is 17.7 Å². The molecule has 2 heterocycles. The Morgan fingerprint density at radius 2 is 1.74 bits per heavy atom. The third-order valence-corrected chi connectivity index (χ3v) is 6.11. The lowest BCUT2D eigenvalue weighted by Crippen LogP contribution is -2.49. The maximum atomic E-state index is 13.1. The molecule has 2 aliphatic heterocycles. The number of piperazine rings is 1. The Kier molecular flexibility index (Phi) is 8.51. The van der Waals surface area contributed by atoms with Crippen molar-refractivity contribution in [3.8, 4) is 5.75 Å². The molecule has 0 radical (unpaired) electrons. The zero-order valence-electron chi connectivity index (χ0n) is 19.3. The average Bonchev–Trinajstić information content (AvgIpc) is 2.88. The zero-order chi connectivity index (χ0) is 23.8. The normalized spacial score (nSPS) is 18.3. The summed E-state index contributed by atoms with van der Waals surface area (Å²) in [5.74, 6) is 0.359. The first-order chi connectivity index (χ1) is 16.6. The monoisotopic (exact) mass is 469 g/mol. The number of benzene rings is 2. The summed E-state index contributed by atoms with van der Waals surface area (Å²) in [5, 5.41) is 10.5. The lowest BCUT2D eigenvalue weighted by Gasteiger charge is -2.36. The van der Waals surface area contributed by atoms with Crippen LogP contribution in [0.15, 0.2) is 54.6 Å². The summed E-state index contributed by atoms with van der Waals surface area (Å²) in [4.78, 5) is 18.6. The van der Waals surface area contributed by atoms with Crippen LogP contribution in [0.1, 0.15) is 5.56 Å². The minimum atomic E-state index is -0.635. The first kappa shape index (κ1) is 24.2. The number of carbonyl (C=O) groups is 1. The van der Waals surface area contributed by atoms with E-state index in [0.717, 1.165) is 37.4 Å². The van der Waals surface area contributed by atoms with Gasteiger partial charge >= 0.3 is 0 Å². The number of nitrogens with zero attached hydrogens (tertiary/aromatic N) is 3. The third-order valence-electron chi connectivity index (χ3n) is 6.11. The summed E-state index contributed by atoms with van der Waals surface area (Å²) < 4.78 is 24.3. The van der Waals surface area contributed by atoms with Gasteiger partial charge in [-0.15, -0.1) is 0 Å². The van der Waals surface area contributed by atoms with E-state index in [1.807, 2.05) is 24.3 Å². The Balaban J connectivity index is 1.23. The van der Waals surface area contributed by atoms with Crippen molar-refractivity contribution in [2.75, 3.05) is 70.5 Å². The molecule has 0 bridgehead atoms. The molecule has 34 heavy (non-hydrogen) atoms. The van der Waals surface area contributed by atoms with Crippen molar-refractivity contribution in [1.29, 1.82) is 0 Å². The van der Waals surface area contributed by atoms with Crippen molar-refractivity contribution < 1.29 is 23.8 Å². The number of amides is 1. The SMILES string of the molecule is O=C(C=Cc1ccccc1OCC(O)CN1CCN(c2ccc(F)cc2)CC1)N1CCOCC1. The molecule has 1 N–H and O–H groups in total. The van der Waals surface area contributed by atoms with Gasteiger partial charge in [0, 0.05) is 63.1 Å². The number of β-amino-alcohol motifs (C(OH)–C–C–N with tert-alkyl or cyclic N) is 1. The van der Waals surface area contributed by atoms with E-state index in [4.69, 9.17) is 9.47 Å². The molecule has 1 amide bonds. The molecule has 2 aromatic rings. The number of aliphatic hydroxyl groups is 1. The number of para-hydroxylation sites is 1. The molecule has 0 spiro atoms. The van der Waals surface area contributed by atoms with E-state index in [0.29, 0.717) is 38.6 Å². The highest BCUT2D eigenvalue weighted by Gasteiger charge is 2.20. The van der Waals surface area contributed by atoms with Crippen LogP contribution in [0.5, 0.6) is 5.75 Å². The molecule has 2 aromatic carbocycles. The number of carbonyl (C=O) groups excluding carboxylic acids is 1. The lowest BCUT2D eigenvalue weighted by atomic mass is 10.2. The summed E-state index contributed by atoms with van der Waals surface area (Å²) in [7, 11) is 0. The Hall–Kier alpha value is -2.94. The predicted octanol–water partition coefficient (Wildman–Crippen LogP) is 2.26. The highest BCUT2D eigenvalue weighted by atomic mass is 19.1. The zero-order valence-corrected chi connectivity index (χ0v) is 19.3. The first-order valence-corrected chi connectivity index (χ1v) is 11.8. The van der Waals surface area contributed by atoms with Crippen molar-refractivity contribution in [3.05, 3.63) is 66.0 Å². The van der Waals surface area contributed by atoms with Crippen LogP contribution in [0.2, 0.25) is 0 Å². The van der Waals surface area contributed by atoms with E-state index in [2.05, 4.69) is 9.80 Å². The molecule has 4 rings (SSSR count). The van der Waals surface area contributed by atoms with Gasteiger partial charge in [-0.25, -0.2) is 4.39 Å². The van der Waals surface area contributed by atoms with Crippen LogP contribution < -0.4 is 9.64 Å². The van der Waals surface area contributed by atoms with E-state index >= 15 is 0 Å². The Morgan fingerprint density at radius 1 is 1.03 bits per heavy atom. The standard InChI is InChI=1S/C26H32FN3O4/c27-22-6-8-23(9-7-22)29-13-11-28(12-14-29)19-24(31)20-34-25-4-2-1-3-21(25)5-10-26(32)30-15-17-33-18-16-30/h1-10,24,31H,11-20H2. The van der Waals surface area contributed by atoms with Crippen LogP contribution in [0.4, 0.5) is 10.1 Å². The van der Waals surface area contributed by atoms with E-state index in [1.54, 1.807) is 29.2 Å². The molecule has 182 valence electrons. The topological polar surface area (TPSA) is 65.5 Å². The van der Waals surface area contributed by atoms with Gasteiger partial charge in [-0.2, -0.15) is 0 Å². The number of rotatable bonds is 8. The second kappa shape index (κ2) is 12.0. The second-order valence-electron chi connectivity index (χ2n) is 8.54. The molecule has 1 unspecified atom stereocenters. The molecule has 0 saturated carbocycles. The number of aliphatic hydroxyl groups excluding tert-OH is 1. The number of hydrogen-bond acceptors (Lipinski definition) is 6. The van der Waals surface area contributed by atoms with Gasteiger partial charge in [0.15, 0.2) is 0 Å². The van der Waals surface area contributed by atoms with Gasteiger partial charge in [0.25, 0.3) is 0 Å². The highest BCUT2D eigenvalue weighted by Crippen LogP contribution is 2.21. The molecule has 7 nitrogen and oxygen atoms in total. The molecule has 1 atom stereocenters.